The number of methoxy groups -OCH3 is 1. The zero-order chi connectivity index (χ0) is 15.8. The van der Waals surface area contributed by atoms with E-state index in [1.54, 1.807) is 0 Å². The van der Waals surface area contributed by atoms with Crippen molar-refractivity contribution >= 4 is 28.9 Å². The molecule has 5 heteroatoms. The second-order valence-corrected chi connectivity index (χ2v) is 5.79. The fourth-order valence-electron chi connectivity index (χ4n) is 2.38. The van der Waals surface area contributed by atoms with Crippen molar-refractivity contribution in [3.8, 4) is 0 Å². The van der Waals surface area contributed by atoms with E-state index in [0.29, 0.717) is 6.47 Å². The summed E-state index contributed by atoms with van der Waals surface area (Å²) in [4.78, 5) is 21.1. The second-order valence-electron chi connectivity index (χ2n) is 5.79. The number of hydrogen-bond donors (Lipinski definition) is 0. The van der Waals surface area contributed by atoms with E-state index in [9.17, 15) is 9.59 Å². The van der Waals surface area contributed by atoms with Gasteiger partial charge in [-0.25, -0.2) is 4.79 Å². The van der Waals surface area contributed by atoms with E-state index < -0.39 is 0 Å². The molecule has 0 spiro atoms. The van der Waals surface area contributed by atoms with Crippen LogP contribution in [0.25, 0.3) is 16.4 Å². The Labute approximate surface area is 123 Å². The molecule has 0 amide bonds. The second kappa shape index (κ2) is 5.24. The highest BCUT2D eigenvalue weighted by Gasteiger charge is 2.26. The molecule has 0 saturated heterocycles. The molecule has 4 aromatic rings. The molecule has 4 aromatic heterocycles. The SMILES string of the molecule is CC(C)(C)OC=O.COC(=O)c1c(C)n2c3cccc2c13. The molecule has 112 valence electrons. The summed E-state index contributed by atoms with van der Waals surface area (Å²) in [6, 6.07) is 6.03. The summed E-state index contributed by atoms with van der Waals surface area (Å²) in [5, 5.41) is 1.05. The third kappa shape index (κ3) is 2.51. The van der Waals surface area contributed by atoms with Crippen LogP contribution in [0.15, 0.2) is 18.2 Å². The quantitative estimate of drug-likeness (QED) is 0.537. The van der Waals surface area contributed by atoms with Crippen LogP contribution in [-0.4, -0.2) is 29.6 Å². The highest BCUT2D eigenvalue weighted by molar-refractivity contribution is 6.17. The number of carbonyl (C=O) groups is 2. The highest BCUT2D eigenvalue weighted by atomic mass is 16.5. The molecule has 0 fully saturated rings. The average Bonchev–Trinajstić information content (AvgIpc) is 2.88. The lowest BCUT2D eigenvalue weighted by Crippen LogP contribution is -2.17. The third-order valence-electron chi connectivity index (χ3n) is 3.24. The van der Waals surface area contributed by atoms with Crippen molar-refractivity contribution in [3.63, 3.8) is 0 Å². The number of ether oxygens (including phenoxy) is 2. The maximum Gasteiger partial charge on any atom is 0.340 e. The van der Waals surface area contributed by atoms with Crippen LogP contribution in [-0.2, 0) is 14.3 Å². The molecular formula is C16H19NO4. The molecular weight excluding hydrogens is 270 g/mol. The van der Waals surface area contributed by atoms with Crippen LogP contribution in [0.4, 0.5) is 0 Å². The Balaban J connectivity index is 0.000000199. The minimum Gasteiger partial charge on any atom is -0.465 e. The first-order valence-corrected chi connectivity index (χ1v) is 6.66. The minimum absolute atomic E-state index is 0.240. The van der Waals surface area contributed by atoms with E-state index in [1.807, 2.05) is 45.9 Å². The summed E-state index contributed by atoms with van der Waals surface area (Å²) >= 11 is 0. The summed E-state index contributed by atoms with van der Waals surface area (Å²) in [7, 11) is 1.42. The summed E-state index contributed by atoms with van der Waals surface area (Å²) in [5.74, 6) is -0.240. The zero-order valence-electron chi connectivity index (χ0n) is 12.9. The fraction of sp³-hybridized carbons (Fsp3) is 0.375. The predicted octanol–water partition coefficient (Wildman–Crippen LogP) is 3.02. The molecule has 0 saturated carbocycles. The van der Waals surface area contributed by atoms with E-state index in [2.05, 4.69) is 9.14 Å². The van der Waals surface area contributed by atoms with Gasteiger partial charge in [-0.3, -0.25) is 4.79 Å². The molecule has 4 heterocycles. The van der Waals surface area contributed by atoms with Crippen LogP contribution in [0, 0.1) is 6.92 Å². The van der Waals surface area contributed by atoms with Crippen LogP contribution in [0.3, 0.4) is 0 Å². The molecule has 0 aromatic carbocycles. The molecule has 0 N–H and O–H groups in total. The van der Waals surface area contributed by atoms with Gasteiger partial charge < -0.3 is 13.9 Å². The van der Waals surface area contributed by atoms with Gasteiger partial charge in [0.05, 0.1) is 23.7 Å². The van der Waals surface area contributed by atoms with E-state index in [-0.39, 0.29) is 11.6 Å². The molecule has 0 aliphatic heterocycles. The zero-order valence-corrected chi connectivity index (χ0v) is 12.9. The lowest BCUT2D eigenvalue weighted by Gasteiger charge is -2.14. The van der Waals surface area contributed by atoms with E-state index in [1.165, 1.54) is 7.11 Å². The van der Waals surface area contributed by atoms with Crippen LogP contribution >= 0.6 is 0 Å². The number of aryl methyl sites for hydroxylation is 1. The normalized spacial score (nSPS) is 11.5. The maximum absolute atomic E-state index is 11.5. The Morgan fingerprint density at radius 2 is 1.81 bits per heavy atom. The molecule has 4 bridgehead atoms. The van der Waals surface area contributed by atoms with Crippen molar-refractivity contribution in [1.29, 1.82) is 0 Å². The number of aromatic nitrogens is 1. The summed E-state index contributed by atoms with van der Waals surface area (Å²) in [6.45, 7) is 7.86. The van der Waals surface area contributed by atoms with Crippen LogP contribution in [0.1, 0.15) is 36.8 Å². The average molecular weight is 289 g/mol. The number of carbonyl (C=O) groups excluding carboxylic acids is 2. The van der Waals surface area contributed by atoms with E-state index >= 15 is 0 Å². The van der Waals surface area contributed by atoms with Crippen molar-refractivity contribution in [1.82, 2.24) is 4.40 Å². The van der Waals surface area contributed by atoms with Gasteiger partial charge in [-0.1, -0.05) is 6.07 Å². The Hall–Kier alpha value is -2.30. The first-order chi connectivity index (χ1) is 9.81. The first-order valence-electron chi connectivity index (χ1n) is 6.66. The molecule has 5 nitrogen and oxygen atoms in total. The highest BCUT2D eigenvalue weighted by Crippen LogP contribution is 2.37. The van der Waals surface area contributed by atoms with Gasteiger partial charge in [0, 0.05) is 11.1 Å². The van der Waals surface area contributed by atoms with E-state index in [4.69, 9.17) is 4.74 Å². The Morgan fingerprint density at radius 3 is 2.14 bits per heavy atom. The third-order valence-corrected chi connectivity index (χ3v) is 3.24. The Kier molecular flexibility index (Phi) is 3.77. The maximum atomic E-state index is 11.5. The van der Waals surface area contributed by atoms with Crippen molar-refractivity contribution in [2.75, 3.05) is 7.11 Å². The van der Waals surface area contributed by atoms with Crippen molar-refractivity contribution in [2.45, 2.75) is 33.3 Å². The Morgan fingerprint density at radius 1 is 1.24 bits per heavy atom. The van der Waals surface area contributed by atoms with Gasteiger partial charge in [0.1, 0.15) is 5.60 Å². The number of benzene rings is 1. The standard InChI is InChI=1S/C11H9NO2.C5H10O2/c1-6-9(11(13)14-2)10-7-4-3-5-8(10)12(6)7;1-5(2,3)7-4-6/h3-5H,1-2H3;4H,1-3H3. The molecule has 4 rings (SSSR count). The van der Waals surface area contributed by atoms with Gasteiger partial charge in [-0.15, -0.1) is 0 Å². The monoisotopic (exact) mass is 289 g/mol. The van der Waals surface area contributed by atoms with Gasteiger partial charge in [0.25, 0.3) is 6.47 Å². The Bertz CT molecular complexity index is 721. The number of esters is 1. The number of nitrogens with zero attached hydrogens (tertiary/aromatic N) is 1. The smallest absolute Gasteiger partial charge is 0.340 e. The molecule has 0 radical (unpaired) electrons. The van der Waals surface area contributed by atoms with Gasteiger partial charge in [0.15, 0.2) is 0 Å². The van der Waals surface area contributed by atoms with Gasteiger partial charge in [-0.2, -0.15) is 0 Å². The largest absolute Gasteiger partial charge is 0.465 e. The predicted molar refractivity (Wildman–Crippen MR) is 80.3 cm³/mol. The van der Waals surface area contributed by atoms with Crippen molar-refractivity contribution in [3.05, 3.63) is 29.5 Å². The fourth-order valence-corrected chi connectivity index (χ4v) is 2.38. The first kappa shape index (κ1) is 15.1. The van der Waals surface area contributed by atoms with E-state index in [0.717, 1.165) is 27.7 Å². The molecule has 0 unspecified atom stereocenters. The lowest BCUT2D eigenvalue weighted by atomic mass is 10.1. The summed E-state index contributed by atoms with van der Waals surface area (Å²) < 4.78 is 11.4. The molecule has 0 aliphatic carbocycles. The minimum atomic E-state index is -0.318. The van der Waals surface area contributed by atoms with Crippen LogP contribution in [0.2, 0.25) is 0 Å². The number of rotatable bonds is 2. The lowest BCUT2D eigenvalue weighted by molar-refractivity contribution is -0.138. The van der Waals surface area contributed by atoms with Crippen LogP contribution < -0.4 is 0 Å². The number of hydrogen-bond acceptors (Lipinski definition) is 4. The van der Waals surface area contributed by atoms with Gasteiger partial charge >= 0.3 is 5.97 Å². The van der Waals surface area contributed by atoms with Crippen molar-refractivity contribution < 1.29 is 19.1 Å². The molecule has 21 heavy (non-hydrogen) atoms. The summed E-state index contributed by atoms with van der Waals surface area (Å²) in [6.07, 6.45) is 0. The number of fused-ring (bicyclic) bond motifs is 1. The number of pyridine rings is 1. The van der Waals surface area contributed by atoms with Crippen molar-refractivity contribution in [2.24, 2.45) is 0 Å². The van der Waals surface area contributed by atoms with Gasteiger partial charge in [-0.05, 0) is 39.8 Å². The topological polar surface area (TPSA) is 57.0 Å². The molecule has 0 atom stereocenters. The van der Waals surface area contributed by atoms with Crippen LogP contribution in [0.5, 0.6) is 0 Å². The summed E-state index contributed by atoms with van der Waals surface area (Å²) in [5.41, 5.74) is 3.64. The van der Waals surface area contributed by atoms with Gasteiger partial charge in [0.2, 0.25) is 0 Å². The molecule has 0 aliphatic rings.